The van der Waals surface area contributed by atoms with Gasteiger partial charge in [0.2, 0.25) is 12.7 Å². The molecule has 0 spiro atoms. The molecule has 1 fully saturated rings. The van der Waals surface area contributed by atoms with Gasteiger partial charge in [-0.2, -0.15) is 0 Å². The average molecular weight is 663 g/mol. The molecule has 3 N–H and O–H groups in total. The van der Waals surface area contributed by atoms with E-state index in [1.807, 2.05) is 30.9 Å². The van der Waals surface area contributed by atoms with Crippen LogP contribution in [0.15, 0.2) is 33.0 Å². The Bertz CT molecular complexity index is 1450. The van der Waals surface area contributed by atoms with Gasteiger partial charge in [0.1, 0.15) is 12.4 Å². The van der Waals surface area contributed by atoms with Crippen LogP contribution < -0.4 is 20.5 Å². The molecule has 226 valence electrons. The van der Waals surface area contributed by atoms with Gasteiger partial charge >= 0.3 is 6.09 Å². The molecule has 0 bridgehead atoms. The summed E-state index contributed by atoms with van der Waals surface area (Å²) < 4.78 is 19.1. The lowest BCUT2D eigenvalue weighted by atomic mass is 9.93. The van der Waals surface area contributed by atoms with Crippen molar-refractivity contribution in [3.63, 3.8) is 0 Å². The molecule has 2 atom stereocenters. The molecule has 12 nitrogen and oxygen atoms in total. The zero-order valence-corrected chi connectivity index (χ0v) is 26.4. The average Bonchev–Trinajstić information content (AvgIpc) is 3.55. The van der Waals surface area contributed by atoms with Crippen molar-refractivity contribution < 1.29 is 23.8 Å². The third kappa shape index (κ3) is 6.86. The highest BCUT2D eigenvalue weighted by Gasteiger charge is 2.31. The topological polar surface area (TPSA) is 147 Å². The number of hydrogen-bond donors (Lipinski definition) is 2. The van der Waals surface area contributed by atoms with Gasteiger partial charge in [0.25, 0.3) is 0 Å². The van der Waals surface area contributed by atoms with E-state index in [1.54, 1.807) is 6.92 Å². The number of imidazole rings is 1. The van der Waals surface area contributed by atoms with E-state index in [0.29, 0.717) is 54.5 Å². The number of likely N-dealkylation sites (tertiary alicyclic amines) is 1. The smallest absolute Gasteiger partial charge is 0.407 e. The van der Waals surface area contributed by atoms with Gasteiger partial charge in [-0.05, 0) is 72.5 Å². The number of nitrogen functional groups attached to an aromatic ring is 1. The van der Waals surface area contributed by atoms with Crippen LogP contribution in [0.4, 0.5) is 10.6 Å². The summed E-state index contributed by atoms with van der Waals surface area (Å²) in [5.74, 6) is 2.16. The maximum absolute atomic E-state index is 13.5. The highest BCUT2D eigenvalue weighted by atomic mass is 79.9. The second-order valence-corrected chi connectivity index (χ2v) is 12.7. The van der Waals surface area contributed by atoms with Gasteiger partial charge in [-0.3, -0.25) is 4.79 Å². The number of carbonyl (C=O) groups excluding carboxylic acids is 2. The Labute approximate surface area is 257 Å². The molecule has 1 saturated heterocycles. The van der Waals surface area contributed by atoms with Crippen molar-refractivity contribution in [2.24, 2.45) is 11.8 Å². The fourth-order valence-electron chi connectivity index (χ4n) is 5.33. The van der Waals surface area contributed by atoms with Crippen LogP contribution in [0, 0.1) is 11.8 Å². The lowest BCUT2D eigenvalue weighted by Crippen LogP contribution is -2.52. The molecule has 2 aliphatic heterocycles. The van der Waals surface area contributed by atoms with Crippen molar-refractivity contribution in [2.75, 3.05) is 32.2 Å². The maximum Gasteiger partial charge on any atom is 0.407 e. The molecule has 2 aromatic heterocycles. The van der Waals surface area contributed by atoms with Crippen LogP contribution in [-0.2, 0) is 16.1 Å². The molecule has 0 saturated carbocycles. The van der Waals surface area contributed by atoms with Crippen LogP contribution in [-0.4, -0.2) is 69.0 Å². The molecule has 2 aliphatic rings. The number of amides is 2. The number of alkyl carbamates (subject to hydrolysis) is 1. The number of nitrogens with zero attached hydrogens (tertiary/aromatic N) is 5. The van der Waals surface area contributed by atoms with Crippen molar-refractivity contribution in [1.29, 1.82) is 0 Å². The molecule has 0 radical (unpaired) electrons. The van der Waals surface area contributed by atoms with E-state index in [2.05, 4.69) is 35.8 Å². The number of ether oxygens (including phenoxy) is 3. The van der Waals surface area contributed by atoms with Crippen LogP contribution in [0.3, 0.4) is 0 Å². The molecule has 1 aromatic carbocycles. The fourth-order valence-corrected chi connectivity index (χ4v) is 6.84. The summed E-state index contributed by atoms with van der Waals surface area (Å²) in [4.78, 5) is 41.9. The Morgan fingerprint density at radius 1 is 1.26 bits per heavy atom. The largest absolute Gasteiger partial charge is 0.454 e. The molecule has 14 heteroatoms. The lowest BCUT2D eigenvalue weighted by Gasteiger charge is -2.35. The van der Waals surface area contributed by atoms with Crippen molar-refractivity contribution in [3.05, 3.63) is 22.9 Å². The summed E-state index contributed by atoms with van der Waals surface area (Å²) in [6.45, 7) is 8.20. The molecule has 0 aliphatic carbocycles. The SMILES string of the molecule is CCOC(=O)N[C@@H](CC(C)C)C(=O)N1CCCC(CCn2c(Sc3cc4c(cc3Br)OCO4)nc3c(N)ncnc32)C1. The highest BCUT2D eigenvalue weighted by Crippen LogP contribution is 2.43. The first-order valence-corrected chi connectivity index (χ1v) is 15.8. The number of benzene rings is 1. The number of nitrogens with one attached hydrogen (secondary N) is 1. The number of anilines is 1. The monoisotopic (exact) mass is 661 g/mol. The molecular weight excluding hydrogens is 626 g/mol. The zero-order valence-electron chi connectivity index (χ0n) is 24.0. The van der Waals surface area contributed by atoms with Crippen molar-refractivity contribution in [2.45, 2.75) is 69.1 Å². The molecule has 2 amide bonds. The Hall–Kier alpha value is -3.26. The Balaban J connectivity index is 1.32. The second kappa shape index (κ2) is 13.4. The Morgan fingerprint density at radius 2 is 2.05 bits per heavy atom. The Kier molecular flexibility index (Phi) is 9.61. The molecule has 4 heterocycles. The van der Waals surface area contributed by atoms with E-state index in [4.69, 9.17) is 24.9 Å². The van der Waals surface area contributed by atoms with Gasteiger partial charge < -0.3 is 34.7 Å². The number of rotatable bonds is 10. The van der Waals surface area contributed by atoms with Crippen molar-refractivity contribution in [3.8, 4) is 11.5 Å². The summed E-state index contributed by atoms with van der Waals surface area (Å²) in [6, 6.07) is 3.21. The maximum atomic E-state index is 13.5. The second-order valence-electron chi connectivity index (χ2n) is 10.8. The molecule has 5 rings (SSSR count). The van der Waals surface area contributed by atoms with E-state index in [9.17, 15) is 9.59 Å². The van der Waals surface area contributed by atoms with Crippen LogP contribution in [0.2, 0.25) is 0 Å². The minimum Gasteiger partial charge on any atom is -0.454 e. The normalized spacial score (nSPS) is 17.1. The predicted octanol–water partition coefficient (Wildman–Crippen LogP) is 4.84. The lowest BCUT2D eigenvalue weighted by molar-refractivity contribution is -0.135. The first-order chi connectivity index (χ1) is 20.2. The van der Waals surface area contributed by atoms with Crippen LogP contribution in [0.5, 0.6) is 11.5 Å². The van der Waals surface area contributed by atoms with Gasteiger partial charge in [-0.1, -0.05) is 25.6 Å². The zero-order chi connectivity index (χ0) is 29.8. The summed E-state index contributed by atoms with van der Waals surface area (Å²) in [5.41, 5.74) is 7.40. The summed E-state index contributed by atoms with van der Waals surface area (Å²) in [7, 11) is 0. The van der Waals surface area contributed by atoms with Crippen LogP contribution in [0.25, 0.3) is 11.2 Å². The highest BCUT2D eigenvalue weighted by molar-refractivity contribution is 9.10. The van der Waals surface area contributed by atoms with Crippen molar-refractivity contribution >= 4 is 56.7 Å². The molecular formula is C28H36BrN7O5S. The minimum absolute atomic E-state index is 0.0565. The molecule has 42 heavy (non-hydrogen) atoms. The van der Waals surface area contributed by atoms with E-state index < -0.39 is 12.1 Å². The van der Waals surface area contributed by atoms with Gasteiger partial charge in [0, 0.05) is 29.0 Å². The third-order valence-electron chi connectivity index (χ3n) is 7.32. The number of aryl methyl sites for hydroxylation is 1. The standard InChI is InChI=1S/C28H36BrN7O5S/c1-4-39-28(38)33-19(10-16(2)3)26(37)35-8-5-6-17(13-35)7-9-36-25-23(24(30)31-14-32-25)34-27(36)42-22-12-21-20(11-18(22)29)40-15-41-21/h11-12,14,16-17,19H,4-10,13,15H2,1-3H3,(H,33,38)(H2,30,31,32)/t17?,19-/m0/s1. The number of carbonyl (C=O) groups is 2. The number of piperidine rings is 1. The predicted molar refractivity (Wildman–Crippen MR) is 161 cm³/mol. The number of halogens is 1. The molecule has 3 aromatic rings. The summed E-state index contributed by atoms with van der Waals surface area (Å²) >= 11 is 5.13. The van der Waals surface area contributed by atoms with Gasteiger partial charge in [-0.15, -0.1) is 0 Å². The van der Waals surface area contributed by atoms with Crippen LogP contribution in [0.1, 0.15) is 46.5 Å². The van der Waals surface area contributed by atoms with Gasteiger partial charge in [-0.25, -0.2) is 19.7 Å². The third-order valence-corrected chi connectivity index (χ3v) is 9.29. The summed E-state index contributed by atoms with van der Waals surface area (Å²) in [5, 5.41) is 3.51. The summed E-state index contributed by atoms with van der Waals surface area (Å²) in [6.07, 6.45) is 4.16. The van der Waals surface area contributed by atoms with E-state index in [1.165, 1.54) is 18.1 Å². The van der Waals surface area contributed by atoms with Gasteiger partial charge in [0.05, 0.1) is 6.61 Å². The Morgan fingerprint density at radius 3 is 2.81 bits per heavy atom. The fraction of sp³-hybridized carbons (Fsp3) is 0.536. The number of fused-ring (bicyclic) bond motifs is 2. The first kappa shape index (κ1) is 30.2. The molecule has 1 unspecified atom stereocenters. The number of nitrogens with two attached hydrogens (primary N) is 1. The quantitative estimate of drug-likeness (QED) is 0.309. The van der Waals surface area contributed by atoms with E-state index in [-0.39, 0.29) is 31.1 Å². The minimum atomic E-state index is -0.608. The van der Waals surface area contributed by atoms with Crippen LogP contribution >= 0.6 is 27.7 Å². The number of hydrogen-bond acceptors (Lipinski definition) is 10. The van der Waals surface area contributed by atoms with Gasteiger partial charge in [0.15, 0.2) is 33.6 Å². The van der Waals surface area contributed by atoms with Crippen molar-refractivity contribution in [1.82, 2.24) is 29.7 Å². The number of aromatic nitrogens is 4. The van der Waals surface area contributed by atoms with E-state index in [0.717, 1.165) is 33.8 Å². The first-order valence-electron chi connectivity index (χ1n) is 14.2. The van der Waals surface area contributed by atoms with E-state index >= 15 is 0 Å².